The molecule has 3 rings (SSSR count). The van der Waals surface area contributed by atoms with Crippen LogP contribution in [0.5, 0.6) is 5.75 Å². The Morgan fingerprint density at radius 3 is 2.72 bits per heavy atom. The smallest absolute Gasteiger partial charge is 0.220 e. The van der Waals surface area contributed by atoms with Crippen molar-refractivity contribution in [2.75, 3.05) is 7.11 Å². The zero-order valence-electron chi connectivity index (χ0n) is 15.1. The van der Waals surface area contributed by atoms with Crippen molar-refractivity contribution in [3.8, 4) is 5.75 Å². The zero-order chi connectivity index (χ0) is 17.6. The number of nitrogens with one attached hydrogen (secondary N) is 1. The molecule has 2 aromatic rings. The zero-order valence-corrected chi connectivity index (χ0v) is 15.1. The van der Waals surface area contributed by atoms with E-state index < -0.39 is 0 Å². The Kier molecular flexibility index (Phi) is 5.75. The maximum absolute atomic E-state index is 12.4. The van der Waals surface area contributed by atoms with Gasteiger partial charge < -0.3 is 10.1 Å². The number of hydrogen-bond donors (Lipinski definition) is 1. The fourth-order valence-corrected chi connectivity index (χ4v) is 3.66. The van der Waals surface area contributed by atoms with Gasteiger partial charge in [0.15, 0.2) is 0 Å². The van der Waals surface area contributed by atoms with Gasteiger partial charge in [-0.1, -0.05) is 36.4 Å². The normalized spacial score (nSPS) is 17.0. The number of fused-ring (bicyclic) bond motifs is 1. The largest absolute Gasteiger partial charge is 0.497 e. The van der Waals surface area contributed by atoms with E-state index in [9.17, 15) is 4.79 Å². The molecule has 2 aromatic carbocycles. The van der Waals surface area contributed by atoms with E-state index in [1.165, 1.54) is 16.7 Å². The Hall–Kier alpha value is -2.29. The highest BCUT2D eigenvalue weighted by Crippen LogP contribution is 2.35. The molecule has 2 unspecified atom stereocenters. The first-order valence-corrected chi connectivity index (χ1v) is 9.16. The number of carbonyl (C=O) groups is 1. The van der Waals surface area contributed by atoms with E-state index in [0.29, 0.717) is 12.3 Å². The van der Waals surface area contributed by atoms with E-state index in [2.05, 4.69) is 48.6 Å². The quantitative estimate of drug-likeness (QED) is 0.820. The maximum Gasteiger partial charge on any atom is 0.220 e. The standard InChI is InChI=1S/C22H27NO2/c1-16(7-8-17-9-13-20(25-2)14-10-17)23-22(24)15-19-12-11-18-5-3-4-6-21(18)19/h3-6,9-10,13-14,16,19H,7-8,11-12,15H2,1-2H3,(H,23,24). The van der Waals surface area contributed by atoms with Crippen molar-refractivity contribution < 1.29 is 9.53 Å². The van der Waals surface area contributed by atoms with Crippen LogP contribution in [-0.4, -0.2) is 19.1 Å². The van der Waals surface area contributed by atoms with Crippen LogP contribution in [0.1, 0.15) is 48.8 Å². The molecule has 0 aliphatic heterocycles. The van der Waals surface area contributed by atoms with Gasteiger partial charge in [-0.3, -0.25) is 4.79 Å². The molecule has 1 N–H and O–H groups in total. The number of benzene rings is 2. The number of hydrogen-bond acceptors (Lipinski definition) is 2. The molecule has 0 bridgehead atoms. The van der Waals surface area contributed by atoms with Gasteiger partial charge in [-0.25, -0.2) is 0 Å². The maximum atomic E-state index is 12.4. The summed E-state index contributed by atoms with van der Waals surface area (Å²) in [6.45, 7) is 2.09. The minimum atomic E-state index is 0.170. The van der Waals surface area contributed by atoms with Crippen LogP contribution in [0.2, 0.25) is 0 Å². The van der Waals surface area contributed by atoms with Gasteiger partial charge >= 0.3 is 0 Å². The summed E-state index contributed by atoms with van der Waals surface area (Å²) in [7, 11) is 1.68. The van der Waals surface area contributed by atoms with E-state index in [1.54, 1.807) is 7.11 Å². The molecule has 2 atom stereocenters. The van der Waals surface area contributed by atoms with Crippen LogP contribution in [0, 0.1) is 0 Å². The highest BCUT2D eigenvalue weighted by molar-refractivity contribution is 5.77. The van der Waals surface area contributed by atoms with E-state index in [1.807, 2.05) is 12.1 Å². The Morgan fingerprint density at radius 1 is 1.20 bits per heavy atom. The molecule has 0 spiro atoms. The molecule has 132 valence electrons. The average Bonchev–Trinajstić information content (AvgIpc) is 3.03. The number of methoxy groups -OCH3 is 1. The summed E-state index contributed by atoms with van der Waals surface area (Å²) in [5.41, 5.74) is 4.04. The summed E-state index contributed by atoms with van der Waals surface area (Å²) < 4.78 is 5.18. The van der Waals surface area contributed by atoms with Crippen molar-refractivity contribution in [2.24, 2.45) is 0 Å². The highest BCUT2D eigenvalue weighted by Gasteiger charge is 2.24. The summed E-state index contributed by atoms with van der Waals surface area (Å²) in [4.78, 5) is 12.4. The monoisotopic (exact) mass is 337 g/mol. The van der Waals surface area contributed by atoms with Crippen molar-refractivity contribution in [1.82, 2.24) is 5.32 Å². The fraction of sp³-hybridized carbons (Fsp3) is 0.409. The number of ether oxygens (including phenoxy) is 1. The second-order valence-electron chi connectivity index (χ2n) is 6.99. The van der Waals surface area contributed by atoms with Crippen molar-refractivity contribution in [3.63, 3.8) is 0 Å². The second-order valence-corrected chi connectivity index (χ2v) is 6.99. The fourth-order valence-electron chi connectivity index (χ4n) is 3.66. The van der Waals surface area contributed by atoms with E-state index in [0.717, 1.165) is 31.4 Å². The topological polar surface area (TPSA) is 38.3 Å². The molecule has 1 aliphatic rings. The molecule has 0 radical (unpaired) electrons. The molecule has 0 aromatic heterocycles. The number of rotatable bonds is 7. The summed E-state index contributed by atoms with van der Waals surface area (Å²) in [5, 5.41) is 3.17. The molecule has 0 saturated carbocycles. The van der Waals surface area contributed by atoms with Crippen LogP contribution < -0.4 is 10.1 Å². The van der Waals surface area contributed by atoms with Crippen molar-refractivity contribution >= 4 is 5.91 Å². The van der Waals surface area contributed by atoms with Crippen LogP contribution in [-0.2, 0) is 17.6 Å². The lowest BCUT2D eigenvalue weighted by molar-refractivity contribution is -0.122. The molecule has 1 amide bonds. The molecule has 0 saturated heterocycles. The number of amides is 1. The minimum absolute atomic E-state index is 0.170. The Bertz CT molecular complexity index is 708. The minimum Gasteiger partial charge on any atom is -0.497 e. The van der Waals surface area contributed by atoms with Gasteiger partial charge in [0.25, 0.3) is 0 Å². The molecule has 25 heavy (non-hydrogen) atoms. The van der Waals surface area contributed by atoms with Gasteiger partial charge in [0, 0.05) is 12.5 Å². The molecular formula is C22H27NO2. The van der Waals surface area contributed by atoms with Crippen LogP contribution in [0.25, 0.3) is 0 Å². The average molecular weight is 337 g/mol. The Labute approximate surface area is 150 Å². The molecule has 0 heterocycles. The van der Waals surface area contributed by atoms with Crippen LogP contribution in [0.15, 0.2) is 48.5 Å². The molecule has 3 heteroatoms. The van der Waals surface area contributed by atoms with Gasteiger partial charge in [0.2, 0.25) is 5.91 Å². The summed E-state index contributed by atoms with van der Waals surface area (Å²) in [5.74, 6) is 1.43. The first-order chi connectivity index (χ1) is 12.2. The van der Waals surface area contributed by atoms with E-state index >= 15 is 0 Å². The SMILES string of the molecule is COc1ccc(CCC(C)NC(=O)CC2CCc3ccccc32)cc1. The van der Waals surface area contributed by atoms with Gasteiger partial charge in [0.1, 0.15) is 5.75 Å². The second kappa shape index (κ2) is 8.19. The summed E-state index contributed by atoms with van der Waals surface area (Å²) in [6, 6.07) is 16.8. The van der Waals surface area contributed by atoms with E-state index in [4.69, 9.17) is 4.74 Å². The van der Waals surface area contributed by atoms with E-state index in [-0.39, 0.29) is 11.9 Å². The van der Waals surface area contributed by atoms with Gasteiger partial charge in [-0.2, -0.15) is 0 Å². The summed E-state index contributed by atoms with van der Waals surface area (Å²) in [6.07, 6.45) is 4.69. The third-order valence-corrected chi connectivity index (χ3v) is 5.12. The van der Waals surface area contributed by atoms with Gasteiger partial charge in [0.05, 0.1) is 7.11 Å². The first kappa shape index (κ1) is 17.5. The van der Waals surface area contributed by atoms with Crippen molar-refractivity contribution in [2.45, 2.75) is 51.0 Å². The molecule has 0 fully saturated rings. The predicted octanol–water partition coefficient (Wildman–Crippen LogP) is 4.25. The summed E-state index contributed by atoms with van der Waals surface area (Å²) >= 11 is 0. The van der Waals surface area contributed by atoms with Crippen molar-refractivity contribution in [3.05, 3.63) is 65.2 Å². The van der Waals surface area contributed by atoms with Crippen LogP contribution >= 0.6 is 0 Å². The predicted molar refractivity (Wildman–Crippen MR) is 101 cm³/mol. The molecule has 3 nitrogen and oxygen atoms in total. The first-order valence-electron chi connectivity index (χ1n) is 9.16. The lowest BCUT2D eigenvalue weighted by Gasteiger charge is -2.16. The highest BCUT2D eigenvalue weighted by atomic mass is 16.5. The van der Waals surface area contributed by atoms with Crippen molar-refractivity contribution in [1.29, 1.82) is 0 Å². The van der Waals surface area contributed by atoms with Gasteiger partial charge in [-0.05, 0) is 67.3 Å². The lowest BCUT2D eigenvalue weighted by Crippen LogP contribution is -2.33. The van der Waals surface area contributed by atoms with Crippen LogP contribution in [0.3, 0.4) is 0 Å². The Morgan fingerprint density at radius 2 is 1.96 bits per heavy atom. The number of carbonyl (C=O) groups excluding carboxylic acids is 1. The third-order valence-electron chi connectivity index (χ3n) is 5.12. The van der Waals surface area contributed by atoms with Gasteiger partial charge in [-0.15, -0.1) is 0 Å². The third kappa shape index (κ3) is 4.62. The Balaban J connectivity index is 1.44. The molecular weight excluding hydrogens is 310 g/mol. The number of aryl methyl sites for hydroxylation is 2. The lowest BCUT2D eigenvalue weighted by atomic mass is 9.97. The molecule has 1 aliphatic carbocycles. The van der Waals surface area contributed by atoms with Crippen LogP contribution in [0.4, 0.5) is 0 Å².